The van der Waals surface area contributed by atoms with Gasteiger partial charge in [0.05, 0.1) is 16.9 Å². The van der Waals surface area contributed by atoms with Crippen molar-refractivity contribution in [3.05, 3.63) is 65.7 Å². The van der Waals surface area contributed by atoms with Crippen LogP contribution in [-0.2, 0) is 14.8 Å². The van der Waals surface area contributed by atoms with Gasteiger partial charge in [-0.3, -0.25) is 4.79 Å². The molecule has 1 saturated heterocycles. The number of aryl methyl sites for hydroxylation is 1. The molecule has 0 spiro atoms. The van der Waals surface area contributed by atoms with E-state index in [0.717, 1.165) is 11.1 Å². The van der Waals surface area contributed by atoms with Crippen molar-refractivity contribution in [2.45, 2.75) is 30.7 Å². The Morgan fingerprint density at radius 1 is 1.08 bits per heavy atom. The van der Waals surface area contributed by atoms with E-state index >= 15 is 0 Å². The SMILES string of the molecule is Cc1ccc(S(=O)(=O)N2CCC[C@H](C(N)=O)[C@@H]2c2ccccc2)cc1. The maximum atomic E-state index is 13.2. The van der Waals surface area contributed by atoms with E-state index in [1.807, 2.05) is 37.3 Å². The zero-order valence-electron chi connectivity index (χ0n) is 14.1. The van der Waals surface area contributed by atoms with Gasteiger partial charge in [0.25, 0.3) is 0 Å². The average molecular weight is 358 g/mol. The summed E-state index contributed by atoms with van der Waals surface area (Å²) in [7, 11) is -3.72. The van der Waals surface area contributed by atoms with Crippen LogP contribution in [0.4, 0.5) is 0 Å². The van der Waals surface area contributed by atoms with Crippen LogP contribution in [0.3, 0.4) is 0 Å². The number of benzene rings is 2. The summed E-state index contributed by atoms with van der Waals surface area (Å²) in [4.78, 5) is 12.2. The Balaban J connectivity index is 2.08. The van der Waals surface area contributed by atoms with Crippen molar-refractivity contribution >= 4 is 15.9 Å². The lowest BCUT2D eigenvalue weighted by atomic mass is 9.86. The lowest BCUT2D eigenvalue weighted by Crippen LogP contribution is -2.46. The number of sulfonamides is 1. The minimum atomic E-state index is -3.72. The molecule has 1 heterocycles. The molecule has 2 atom stereocenters. The normalized spacial score (nSPS) is 21.8. The largest absolute Gasteiger partial charge is 0.369 e. The molecule has 25 heavy (non-hydrogen) atoms. The molecule has 0 unspecified atom stereocenters. The average Bonchev–Trinajstić information content (AvgIpc) is 2.62. The molecule has 2 aromatic rings. The monoisotopic (exact) mass is 358 g/mol. The number of nitrogens with two attached hydrogens (primary N) is 1. The fraction of sp³-hybridized carbons (Fsp3) is 0.316. The maximum absolute atomic E-state index is 13.2. The molecule has 0 aromatic heterocycles. The van der Waals surface area contributed by atoms with Gasteiger partial charge in [-0.05, 0) is 37.5 Å². The summed E-state index contributed by atoms with van der Waals surface area (Å²) in [6, 6.07) is 15.5. The topological polar surface area (TPSA) is 80.5 Å². The van der Waals surface area contributed by atoms with E-state index < -0.39 is 27.9 Å². The van der Waals surface area contributed by atoms with Gasteiger partial charge in [0, 0.05) is 6.54 Å². The van der Waals surface area contributed by atoms with Crippen LogP contribution in [0.15, 0.2) is 59.5 Å². The predicted molar refractivity (Wildman–Crippen MR) is 96.2 cm³/mol. The molecule has 6 heteroatoms. The van der Waals surface area contributed by atoms with E-state index in [2.05, 4.69) is 0 Å². The van der Waals surface area contributed by atoms with Gasteiger partial charge < -0.3 is 5.73 Å². The van der Waals surface area contributed by atoms with Crippen molar-refractivity contribution in [2.24, 2.45) is 11.7 Å². The molecule has 5 nitrogen and oxygen atoms in total. The first-order valence-corrected chi connectivity index (χ1v) is 9.78. The Kier molecular flexibility index (Phi) is 4.92. The Morgan fingerprint density at radius 2 is 1.72 bits per heavy atom. The summed E-state index contributed by atoms with van der Waals surface area (Å²) in [6.07, 6.45) is 1.21. The second kappa shape index (κ2) is 6.98. The molecule has 1 amide bonds. The zero-order chi connectivity index (χ0) is 18.0. The number of hydrogen-bond acceptors (Lipinski definition) is 3. The van der Waals surface area contributed by atoms with E-state index in [9.17, 15) is 13.2 Å². The molecule has 0 radical (unpaired) electrons. The van der Waals surface area contributed by atoms with Crippen molar-refractivity contribution in [1.82, 2.24) is 4.31 Å². The van der Waals surface area contributed by atoms with E-state index in [1.165, 1.54) is 4.31 Å². The highest BCUT2D eigenvalue weighted by atomic mass is 32.2. The molecule has 0 bridgehead atoms. The highest BCUT2D eigenvalue weighted by Gasteiger charge is 2.42. The van der Waals surface area contributed by atoms with E-state index in [4.69, 9.17) is 5.73 Å². The van der Waals surface area contributed by atoms with E-state index in [0.29, 0.717) is 19.4 Å². The van der Waals surface area contributed by atoms with Gasteiger partial charge in [0.2, 0.25) is 15.9 Å². The van der Waals surface area contributed by atoms with Gasteiger partial charge in [-0.25, -0.2) is 8.42 Å². The first kappa shape index (κ1) is 17.6. The van der Waals surface area contributed by atoms with Gasteiger partial charge in [-0.2, -0.15) is 4.31 Å². The Morgan fingerprint density at radius 3 is 2.32 bits per heavy atom. The summed E-state index contributed by atoms with van der Waals surface area (Å²) in [5.74, 6) is -0.992. The van der Waals surface area contributed by atoms with Crippen LogP contribution in [0.1, 0.15) is 30.0 Å². The van der Waals surface area contributed by atoms with E-state index in [-0.39, 0.29) is 4.90 Å². The van der Waals surface area contributed by atoms with Gasteiger partial charge in [-0.15, -0.1) is 0 Å². The molecular formula is C19H22N2O3S. The van der Waals surface area contributed by atoms with Crippen LogP contribution in [-0.4, -0.2) is 25.2 Å². The smallest absolute Gasteiger partial charge is 0.243 e. The van der Waals surface area contributed by atoms with Crippen molar-refractivity contribution in [1.29, 1.82) is 0 Å². The van der Waals surface area contributed by atoms with Gasteiger partial charge in [0.1, 0.15) is 0 Å². The highest BCUT2D eigenvalue weighted by molar-refractivity contribution is 7.89. The standard InChI is InChI=1S/C19H22N2O3S/c1-14-9-11-16(12-10-14)25(23,24)21-13-5-8-17(19(20)22)18(21)15-6-3-2-4-7-15/h2-4,6-7,9-12,17-18H,5,8,13H2,1H3,(H2,20,22)/t17-,18-/m0/s1. The number of carbonyl (C=O) groups is 1. The molecule has 1 aliphatic rings. The summed E-state index contributed by atoms with van der Waals surface area (Å²) in [6.45, 7) is 2.28. The first-order valence-electron chi connectivity index (χ1n) is 8.34. The second-order valence-electron chi connectivity index (χ2n) is 6.44. The lowest BCUT2D eigenvalue weighted by Gasteiger charge is -2.39. The maximum Gasteiger partial charge on any atom is 0.243 e. The van der Waals surface area contributed by atoms with Gasteiger partial charge in [-0.1, -0.05) is 48.0 Å². The molecule has 1 aliphatic heterocycles. The zero-order valence-corrected chi connectivity index (χ0v) is 14.9. The Labute approximate surface area is 148 Å². The summed E-state index contributed by atoms with van der Waals surface area (Å²) in [5, 5.41) is 0. The minimum Gasteiger partial charge on any atom is -0.369 e. The second-order valence-corrected chi connectivity index (χ2v) is 8.33. The van der Waals surface area contributed by atoms with Crippen molar-refractivity contribution < 1.29 is 13.2 Å². The van der Waals surface area contributed by atoms with Crippen molar-refractivity contribution in [3.8, 4) is 0 Å². The first-order chi connectivity index (χ1) is 11.9. The van der Waals surface area contributed by atoms with Crippen LogP contribution < -0.4 is 5.73 Å². The van der Waals surface area contributed by atoms with E-state index in [1.54, 1.807) is 24.3 Å². The fourth-order valence-electron chi connectivity index (χ4n) is 3.43. The molecule has 2 N–H and O–H groups in total. The number of amides is 1. The molecule has 2 aromatic carbocycles. The number of piperidine rings is 1. The van der Waals surface area contributed by atoms with Crippen LogP contribution >= 0.6 is 0 Å². The number of primary amides is 1. The summed E-state index contributed by atoms with van der Waals surface area (Å²) < 4.78 is 27.9. The van der Waals surface area contributed by atoms with Crippen molar-refractivity contribution in [2.75, 3.05) is 6.54 Å². The third kappa shape index (κ3) is 3.45. The third-order valence-electron chi connectivity index (χ3n) is 4.72. The number of rotatable bonds is 4. The highest BCUT2D eigenvalue weighted by Crippen LogP contribution is 2.39. The van der Waals surface area contributed by atoms with Gasteiger partial charge >= 0.3 is 0 Å². The number of carbonyl (C=O) groups excluding carboxylic acids is 1. The van der Waals surface area contributed by atoms with Crippen LogP contribution in [0.5, 0.6) is 0 Å². The van der Waals surface area contributed by atoms with Crippen LogP contribution in [0.2, 0.25) is 0 Å². The van der Waals surface area contributed by atoms with Crippen LogP contribution in [0.25, 0.3) is 0 Å². The number of nitrogens with zero attached hydrogens (tertiary/aromatic N) is 1. The molecule has 132 valence electrons. The molecule has 0 aliphatic carbocycles. The Bertz CT molecular complexity index is 848. The lowest BCUT2D eigenvalue weighted by molar-refractivity contribution is -0.124. The van der Waals surface area contributed by atoms with Crippen molar-refractivity contribution in [3.63, 3.8) is 0 Å². The fourth-order valence-corrected chi connectivity index (χ4v) is 5.11. The van der Waals surface area contributed by atoms with Gasteiger partial charge in [0.15, 0.2) is 0 Å². The van der Waals surface area contributed by atoms with Crippen LogP contribution in [0, 0.1) is 12.8 Å². The third-order valence-corrected chi connectivity index (χ3v) is 6.61. The molecule has 1 fully saturated rings. The molecule has 3 rings (SSSR count). The molecule has 0 saturated carbocycles. The predicted octanol–water partition coefficient (Wildman–Crippen LogP) is 2.62. The quantitative estimate of drug-likeness (QED) is 0.912. The number of hydrogen-bond donors (Lipinski definition) is 1. The molecular weight excluding hydrogens is 336 g/mol. The minimum absolute atomic E-state index is 0.240. The summed E-state index contributed by atoms with van der Waals surface area (Å²) >= 11 is 0. The Hall–Kier alpha value is -2.18. The summed E-state index contributed by atoms with van der Waals surface area (Å²) in [5.41, 5.74) is 7.38.